The molecular formula is C16H15BrN2O. The smallest absolute Gasteiger partial charge is 0.267 e. The third-order valence-corrected chi connectivity index (χ3v) is 3.57. The van der Waals surface area contributed by atoms with Crippen LogP contribution < -0.4 is 5.43 Å². The van der Waals surface area contributed by atoms with Crippen LogP contribution in [0.15, 0.2) is 58.1 Å². The van der Waals surface area contributed by atoms with E-state index < -0.39 is 0 Å². The highest BCUT2D eigenvalue weighted by atomic mass is 79.9. The number of nitrogens with zero attached hydrogens (tertiary/aromatic N) is 1. The zero-order valence-corrected chi connectivity index (χ0v) is 12.9. The Hall–Kier alpha value is -1.94. The van der Waals surface area contributed by atoms with Gasteiger partial charge in [0.2, 0.25) is 0 Å². The monoisotopic (exact) mass is 330 g/mol. The predicted molar refractivity (Wildman–Crippen MR) is 85.0 cm³/mol. The average molecular weight is 331 g/mol. The Morgan fingerprint density at radius 2 is 1.90 bits per heavy atom. The molecule has 0 saturated heterocycles. The lowest BCUT2D eigenvalue weighted by atomic mass is 10.1. The molecular weight excluding hydrogens is 316 g/mol. The van der Waals surface area contributed by atoms with E-state index >= 15 is 0 Å². The number of hydrazone groups is 1. The highest BCUT2D eigenvalue weighted by molar-refractivity contribution is 9.10. The molecule has 0 aliphatic carbocycles. The Balaban J connectivity index is 2.13. The summed E-state index contributed by atoms with van der Waals surface area (Å²) in [6.07, 6.45) is 0. The number of nitrogens with one attached hydrogen (secondary N) is 1. The summed E-state index contributed by atoms with van der Waals surface area (Å²) in [7, 11) is 0. The van der Waals surface area contributed by atoms with Crippen LogP contribution in [0, 0.1) is 6.92 Å². The Morgan fingerprint density at radius 1 is 1.15 bits per heavy atom. The first kappa shape index (κ1) is 14.5. The van der Waals surface area contributed by atoms with Gasteiger partial charge in [-0.25, -0.2) is 5.43 Å². The van der Waals surface area contributed by atoms with E-state index in [4.69, 9.17) is 0 Å². The van der Waals surface area contributed by atoms with Crippen molar-refractivity contribution in [1.29, 1.82) is 0 Å². The fraction of sp³-hybridized carbons (Fsp3) is 0.125. The summed E-state index contributed by atoms with van der Waals surface area (Å²) >= 11 is 3.35. The van der Waals surface area contributed by atoms with Crippen molar-refractivity contribution >= 4 is 27.5 Å². The van der Waals surface area contributed by atoms with Crippen LogP contribution >= 0.6 is 15.9 Å². The topological polar surface area (TPSA) is 41.5 Å². The van der Waals surface area contributed by atoms with Crippen LogP contribution in [0.3, 0.4) is 0 Å². The van der Waals surface area contributed by atoms with Gasteiger partial charge >= 0.3 is 0 Å². The molecule has 0 radical (unpaired) electrons. The Kier molecular flexibility index (Phi) is 4.69. The summed E-state index contributed by atoms with van der Waals surface area (Å²) in [6.45, 7) is 3.89. The summed E-state index contributed by atoms with van der Waals surface area (Å²) in [6, 6.07) is 15.2. The fourth-order valence-corrected chi connectivity index (χ4v) is 2.24. The Morgan fingerprint density at radius 3 is 2.60 bits per heavy atom. The minimum atomic E-state index is -0.232. The van der Waals surface area contributed by atoms with E-state index in [0.29, 0.717) is 5.56 Å². The van der Waals surface area contributed by atoms with Gasteiger partial charge in [-0.1, -0.05) is 42.0 Å². The van der Waals surface area contributed by atoms with Crippen molar-refractivity contribution in [2.45, 2.75) is 13.8 Å². The number of hydrogen-bond acceptors (Lipinski definition) is 2. The van der Waals surface area contributed by atoms with Gasteiger partial charge in [-0.2, -0.15) is 5.10 Å². The zero-order chi connectivity index (χ0) is 14.5. The molecule has 0 spiro atoms. The molecule has 102 valence electrons. The molecule has 0 aliphatic heterocycles. The van der Waals surface area contributed by atoms with Crippen LogP contribution in [0.2, 0.25) is 0 Å². The minimum Gasteiger partial charge on any atom is -0.267 e. The first-order chi connectivity index (χ1) is 9.58. The van der Waals surface area contributed by atoms with E-state index in [9.17, 15) is 4.79 Å². The molecule has 0 aliphatic rings. The number of hydrogen-bond donors (Lipinski definition) is 1. The number of halogens is 1. The minimum absolute atomic E-state index is 0.232. The number of aryl methyl sites for hydroxylation is 1. The van der Waals surface area contributed by atoms with Crippen molar-refractivity contribution < 1.29 is 4.79 Å². The average Bonchev–Trinajstić information content (AvgIpc) is 2.45. The largest absolute Gasteiger partial charge is 0.272 e. The third kappa shape index (κ3) is 3.54. The first-order valence-corrected chi connectivity index (χ1v) is 7.03. The van der Waals surface area contributed by atoms with Crippen LogP contribution in [0.4, 0.5) is 0 Å². The lowest BCUT2D eigenvalue weighted by Crippen LogP contribution is -2.19. The third-order valence-electron chi connectivity index (χ3n) is 2.88. The predicted octanol–water partition coefficient (Wildman–Crippen LogP) is 3.91. The number of benzene rings is 2. The molecule has 0 aromatic heterocycles. The summed E-state index contributed by atoms with van der Waals surface area (Å²) in [5.74, 6) is -0.232. The van der Waals surface area contributed by atoms with Crippen molar-refractivity contribution in [1.82, 2.24) is 5.43 Å². The summed E-state index contributed by atoms with van der Waals surface area (Å²) in [4.78, 5) is 12.0. The van der Waals surface area contributed by atoms with Gasteiger partial charge < -0.3 is 0 Å². The molecule has 0 bridgehead atoms. The van der Waals surface area contributed by atoms with Gasteiger partial charge in [-0.15, -0.1) is 0 Å². The molecule has 0 heterocycles. The maximum Gasteiger partial charge on any atom is 0.272 e. The summed E-state index contributed by atoms with van der Waals surface area (Å²) in [5, 5.41) is 4.15. The van der Waals surface area contributed by atoms with Gasteiger partial charge in [0.15, 0.2) is 0 Å². The van der Waals surface area contributed by atoms with E-state index in [1.807, 2.05) is 56.3 Å². The highest BCUT2D eigenvalue weighted by Gasteiger charge is 2.08. The fourth-order valence-electron chi connectivity index (χ4n) is 1.77. The van der Waals surface area contributed by atoms with Crippen molar-refractivity contribution in [3.8, 4) is 0 Å². The summed E-state index contributed by atoms with van der Waals surface area (Å²) in [5.41, 5.74) is 6.07. The van der Waals surface area contributed by atoms with E-state index in [0.717, 1.165) is 21.3 Å². The second kappa shape index (κ2) is 6.48. The van der Waals surface area contributed by atoms with Gasteiger partial charge in [0.05, 0.1) is 11.3 Å². The number of carbonyl (C=O) groups excluding carboxylic acids is 1. The van der Waals surface area contributed by atoms with Gasteiger partial charge in [-0.3, -0.25) is 4.79 Å². The molecule has 2 rings (SSSR count). The van der Waals surface area contributed by atoms with Crippen LogP contribution in [0.25, 0.3) is 0 Å². The highest BCUT2D eigenvalue weighted by Crippen LogP contribution is 2.15. The van der Waals surface area contributed by atoms with E-state index in [1.54, 1.807) is 6.07 Å². The molecule has 2 aromatic carbocycles. The molecule has 1 amide bonds. The Labute approximate surface area is 126 Å². The van der Waals surface area contributed by atoms with Crippen molar-refractivity contribution in [2.24, 2.45) is 5.10 Å². The molecule has 0 unspecified atom stereocenters. The molecule has 3 nitrogen and oxygen atoms in total. The van der Waals surface area contributed by atoms with Crippen molar-refractivity contribution in [3.05, 3.63) is 69.7 Å². The second-order valence-corrected chi connectivity index (χ2v) is 5.34. The molecule has 2 aromatic rings. The lowest BCUT2D eigenvalue weighted by Gasteiger charge is -2.05. The van der Waals surface area contributed by atoms with E-state index in [1.165, 1.54) is 0 Å². The molecule has 20 heavy (non-hydrogen) atoms. The van der Waals surface area contributed by atoms with Gasteiger partial charge in [0, 0.05) is 4.47 Å². The van der Waals surface area contributed by atoms with E-state index in [2.05, 4.69) is 26.5 Å². The molecule has 0 saturated carbocycles. The summed E-state index contributed by atoms with van der Waals surface area (Å²) < 4.78 is 0.751. The maximum atomic E-state index is 12.0. The van der Waals surface area contributed by atoms with Crippen LogP contribution in [0.5, 0.6) is 0 Å². The molecule has 4 heteroatoms. The molecule has 0 atom stereocenters. The number of carbonyl (C=O) groups is 1. The van der Waals surface area contributed by atoms with Gasteiger partial charge in [0.1, 0.15) is 0 Å². The van der Waals surface area contributed by atoms with Gasteiger partial charge in [-0.05, 0) is 47.5 Å². The number of rotatable bonds is 3. The number of amides is 1. The standard InChI is InChI=1S/C16H15BrN2O/c1-11-6-5-7-13(10-11)12(2)18-19-16(20)14-8-3-4-9-15(14)17/h3-10H,1-2H3,(H,19,20)/b18-12+. The molecule has 0 fully saturated rings. The van der Waals surface area contributed by atoms with Crippen LogP contribution in [-0.2, 0) is 0 Å². The quantitative estimate of drug-likeness (QED) is 0.672. The SMILES string of the molecule is C/C(=N\NC(=O)c1ccccc1Br)c1cccc(C)c1. The lowest BCUT2D eigenvalue weighted by molar-refractivity contribution is 0.0954. The second-order valence-electron chi connectivity index (χ2n) is 4.49. The Bertz CT molecular complexity index is 665. The van der Waals surface area contributed by atoms with Crippen LogP contribution in [-0.4, -0.2) is 11.6 Å². The van der Waals surface area contributed by atoms with Crippen molar-refractivity contribution in [2.75, 3.05) is 0 Å². The first-order valence-electron chi connectivity index (χ1n) is 6.24. The normalized spacial score (nSPS) is 11.2. The van der Waals surface area contributed by atoms with Crippen LogP contribution in [0.1, 0.15) is 28.4 Å². The zero-order valence-electron chi connectivity index (χ0n) is 11.4. The maximum absolute atomic E-state index is 12.0. The van der Waals surface area contributed by atoms with E-state index in [-0.39, 0.29) is 5.91 Å². The molecule has 1 N–H and O–H groups in total. The van der Waals surface area contributed by atoms with Gasteiger partial charge in [0.25, 0.3) is 5.91 Å². The van der Waals surface area contributed by atoms with Crippen molar-refractivity contribution in [3.63, 3.8) is 0 Å².